The third-order valence-electron chi connectivity index (χ3n) is 2.53. The Bertz CT molecular complexity index is 580. The Hall–Kier alpha value is -1.85. The van der Waals surface area contributed by atoms with Crippen molar-refractivity contribution in [3.8, 4) is 0 Å². The van der Waals surface area contributed by atoms with Crippen LogP contribution in [0.1, 0.15) is 5.56 Å². The van der Waals surface area contributed by atoms with Gasteiger partial charge in [0.1, 0.15) is 0 Å². The first-order valence-electron chi connectivity index (χ1n) is 6.07. The maximum Gasteiger partial charge on any atom is 0.191 e. The largest absolute Gasteiger partial charge is 0.331 e. The highest BCUT2D eigenvalue weighted by molar-refractivity contribution is 7.98. The molecule has 0 atom stereocenters. The molecule has 0 aliphatic heterocycles. The van der Waals surface area contributed by atoms with Crippen LogP contribution >= 0.6 is 24.0 Å². The van der Waals surface area contributed by atoms with E-state index < -0.39 is 0 Å². The monoisotopic (exact) mass is 301 g/mol. The standard InChI is InChI=1S/C15H15N3S2/c1-20-14-9-7-12(8-10-14)11-16-18-15(19)17-13-5-3-2-4-6-13/h2-11H,1H3,(H2,17,18,19)/b16-11-. The van der Waals surface area contributed by atoms with Gasteiger partial charge in [-0.05, 0) is 48.3 Å². The van der Waals surface area contributed by atoms with Crippen molar-refractivity contribution < 1.29 is 0 Å². The van der Waals surface area contributed by atoms with Gasteiger partial charge in [-0.15, -0.1) is 11.8 Å². The van der Waals surface area contributed by atoms with Gasteiger partial charge in [0.05, 0.1) is 6.21 Å². The predicted molar refractivity (Wildman–Crippen MR) is 91.6 cm³/mol. The lowest BCUT2D eigenvalue weighted by molar-refractivity contribution is 1.05. The van der Waals surface area contributed by atoms with E-state index >= 15 is 0 Å². The van der Waals surface area contributed by atoms with Crippen LogP contribution in [-0.4, -0.2) is 17.6 Å². The van der Waals surface area contributed by atoms with Crippen molar-refractivity contribution in [2.45, 2.75) is 4.90 Å². The van der Waals surface area contributed by atoms with Crippen molar-refractivity contribution in [1.29, 1.82) is 0 Å². The molecule has 2 rings (SSSR count). The highest BCUT2D eigenvalue weighted by Gasteiger charge is 1.94. The van der Waals surface area contributed by atoms with E-state index in [2.05, 4.69) is 34.2 Å². The topological polar surface area (TPSA) is 36.4 Å². The van der Waals surface area contributed by atoms with Crippen molar-refractivity contribution in [2.24, 2.45) is 5.10 Å². The lowest BCUT2D eigenvalue weighted by Crippen LogP contribution is -2.23. The van der Waals surface area contributed by atoms with E-state index in [1.807, 2.05) is 42.5 Å². The molecule has 0 fully saturated rings. The summed E-state index contributed by atoms with van der Waals surface area (Å²) >= 11 is 6.87. The second-order valence-corrected chi connectivity index (χ2v) is 5.25. The van der Waals surface area contributed by atoms with Gasteiger partial charge in [0.15, 0.2) is 5.11 Å². The van der Waals surface area contributed by atoms with Crippen LogP contribution < -0.4 is 10.7 Å². The molecule has 0 amide bonds. The maximum atomic E-state index is 5.15. The van der Waals surface area contributed by atoms with Gasteiger partial charge in [-0.25, -0.2) is 0 Å². The van der Waals surface area contributed by atoms with Crippen molar-refractivity contribution in [2.75, 3.05) is 11.6 Å². The average Bonchev–Trinajstić information content (AvgIpc) is 2.49. The van der Waals surface area contributed by atoms with Crippen molar-refractivity contribution in [1.82, 2.24) is 5.43 Å². The van der Waals surface area contributed by atoms with E-state index in [-0.39, 0.29) is 0 Å². The minimum absolute atomic E-state index is 0.466. The molecule has 5 heteroatoms. The molecule has 0 saturated heterocycles. The van der Waals surface area contributed by atoms with Gasteiger partial charge >= 0.3 is 0 Å². The Kier molecular flexibility index (Phi) is 5.58. The summed E-state index contributed by atoms with van der Waals surface area (Å²) in [7, 11) is 0. The first-order valence-corrected chi connectivity index (χ1v) is 7.70. The van der Waals surface area contributed by atoms with Gasteiger partial charge in [0.2, 0.25) is 0 Å². The molecule has 2 N–H and O–H groups in total. The van der Waals surface area contributed by atoms with Gasteiger partial charge in [-0.3, -0.25) is 5.43 Å². The van der Waals surface area contributed by atoms with Crippen LogP contribution in [0.3, 0.4) is 0 Å². The number of para-hydroxylation sites is 1. The Morgan fingerprint density at radius 1 is 1.10 bits per heavy atom. The Labute approximate surface area is 128 Å². The second-order valence-electron chi connectivity index (χ2n) is 3.96. The molecule has 3 nitrogen and oxygen atoms in total. The maximum absolute atomic E-state index is 5.15. The smallest absolute Gasteiger partial charge is 0.191 e. The number of nitrogens with one attached hydrogen (secondary N) is 2. The van der Waals surface area contributed by atoms with Gasteiger partial charge in [-0.2, -0.15) is 5.10 Å². The van der Waals surface area contributed by atoms with Crippen LogP contribution in [0, 0.1) is 0 Å². The Morgan fingerprint density at radius 3 is 2.45 bits per heavy atom. The molecule has 0 heterocycles. The zero-order valence-corrected chi connectivity index (χ0v) is 12.7. The van der Waals surface area contributed by atoms with Gasteiger partial charge in [0, 0.05) is 10.6 Å². The molecule has 0 aliphatic carbocycles. The number of hydrazone groups is 1. The summed E-state index contributed by atoms with van der Waals surface area (Å²) < 4.78 is 0. The van der Waals surface area contributed by atoms with E-state index in [0.717, 1.165) is 11.3 Å². The van der Waals surface area contributed by atoms with E-state index in [9.17, 15) is 0 Å². The molecule has 0 spiro atoms. The van der Waals surface area contributed by atoms with Crippen LogP contribution in [0.2, 0.25) is 0 Å². The van der Waals surface area contributed by atoms with Crippen molar-refractivity contribution in [3.05, 3.63) is 60.2 Å². The molecular weight excluding hydrogens is 286 g/mol. The molecule has 0 unspecified atom stereocenters. The molecular formula is C15H15N3S2. The third kappa shape index (κ3) is 4.68. The summed E-state index contributed by atoms with van der Waals surface area (Å²) in [5.74, 6) is 0. The number of hydrogen-bond donors (Lipinski definition) is 2. The van der Waals surface area contributed by atoms with E-state index in [1.54, 1.807) is 18.0 Å². The third-order valence-corrected chi connectivity index (χ3v) is 3.46. The van der Waals surface area contributed by atoms with Gasteiger partial charge in [0.25, 0.3) is 0 Å². The molecule has 2 aromatic carbocycles. The average molecular weight is 301 g/mol. The fourth-order valence-electron chi connectivity index (χ4n) is 1.54. The molecule has 2 aromatic rings. The number of anilines is 1. The lowest BCUT2D eigenvalue weighted by Gasteiger charge is -2.06. The van der Waals surface area contributed by atoms with Crippen molar-refractivity contribution in [3.63, 3.8) is 0 Å². The summed E-state index contributed by atoms with van der Waals surface area (Å²) in [4.78, 5) is 1.23. The summed E-state index contributed by atoms with van der Waals surface area (Å²) in [5.41, 5.74) is 4.75. The lowest BCUT2D eigenvalue weighted by atomic mass is 10.2. The molecule has 0 aliphatic rings. The van der Waals surface area contributed by atoms with Crippen LogP contribution in [0.5, 0.6) is 0 Å². The fraction of sp³-hybridized carbons (Fsp3) is 0.0667. The normalized spacial score (nSPS) is 10.4. The minimum atomic E-state index is 0.466. The summed E-state index contributed by atoms with van der Waals surface area (Å²) in [6, 6.07) is 17.9. The quantitative estimate of drug-likeness (QED) is 0.390. The highest BCUT2D eigenvalue weighted by Crippen LogP contribution is 2.13. The van der Waals surface area contributed by atoms with E-state index in [4.69, 9.17) is 12.2 Å². The zero-order valence-electron chi connectivity index (χ0n) is 11.0. The molecule has 0 aromatic heterocycles. The number of rotatable bonds is 4. The van der Waals surface area contributed by atoms with Gasteiger partial charge in [-0.1, -0.05) is 30.3 Å². The first-order chi connectivity index (χ1) is 9.78. The first kappa shape index (κ1) is 14.6. The Morgan fingerprint density at radius 2 is 1.80 bits per heavy atom. The second kappa shape index (κ2) is 7.67. The summed E-state index contributed by atoms with van der Waals surface area (Å²) in [5, 5.41) is 7.62. The van der Waals surface area contributed by atoms with Crippen LogP contribution in [0.15, 0.2) is 64.6 Å². The van der Waals surface area contributed by atoms with Crippen molar-refractivity contribution >= 4 is 41.0 Å². The number of thiocarbonyl (C=S) groups is 1. The summed E-state index contributed by atoms with van der Waals surface area (Å²) in [6.45, 7) is 0. The van der Waals surface area contributed by atoms with Crippen LogP contribution in [0.25, 0.3) is 0 Å². The van der Waals surface area contributed by atoms with Crippen LogP contribution in [-0.2, 0) is 0 Å². The number of nitrogens with zero attached hydrogens (tertiary/aromatic N) is 1. The fourth-order valence-corrected chi connectivity index (χ4v) is 2.11. The number of hydrogen-bond acceptors (Lipinski definition) is 3. The molecule has 102 valence electrons. The van der Waals surface area contributed by atoms with E-state index in [1.165, 1.54) is 4.90 Å². The van der Waals surface area contributed by atoms with Crippen LogP contribution in [0.4, 0.5) is 5.69 Å². The minimum Gasteiger partial charge on any atom is -0.331 e. The zero-order chi connectivity index (χ0) is 14.2. The predicted octanol–water partition coefficient (Wildman–Crippen LogP) is 3.73. The number of benzene rings is 2. The molecule has 0 saturated carbocycles. The van der Waals surface area contributed by atoms with Gasteiger partial charge < -0.3 is 5.32 Å². The molecule has 0 radical (unpaired) electrons. The molecule has 0 bridgehead atoms. The van der Waals surface area contributed by atoms with E-state index in [0.29, 0.717) is 5.11 Å². The highest BCUT2D eigenvalue weighted by atomic mass is 32.2. The molecule has 20 heavy (non-hydrogen) atoms. The summed E-state index contributed by atoms with van der Waals surface area (Å²) in [6.07, 6.45) is 3.79. The number of thioether (sulfide) groups is 1. The SMILES string of the molecule is CSc1ccc(/C=N\NC(=S)Nc2ccccc2)cc1. The Balaban J connectivity index is 1.84.